The number of carbonyl (C=O) groups is 2. The highest BCUT2D eigenvalue weighted by Gasteiger charge is 2.22. The van der Waals surface area contributed by atoms with Crippen molar-refractivity contribution in [3.8, 4) is 0 Å². The van der Waals surface area contributed by atoms with E-state index in [9.17, 15) is 19.7 Å². The lowest BCUT2D eigenvalue weighted by Gasteiger charge is -2.13. The summed E-state index contributed by atoms with van der Waals surface area (Å²) in [6.45, 7) is 3.36. The van der Waals surface area contributed by atoms with Gasteiger partial charge in [-0.25, -0.2) is 9.78 Å². The molecule has 1 atom stereocenters. The zero-order valence-electron chi connectivity index (χ0n) is 16.7. The maximum atomic E-state index is 12.4. The highest BCUT2D eigenvalue weighted by atomic mass is 32.2. The van der Waals surface area contributed by atoms with Gasteiger partial charge < -0.3 is 10.1 Å². The molecule has 0 fully saturated rings. The van der Waals surface area contributed by atoms with Crippen LogP contribution in [0.15, 0.2) is 58.8 Å². The van der Waals surface area contributed by atoms with Crippen molar-refractivity contribution in [1.82, 2.24) is 4.98 Å². The van der Waals surface area contributed by atoms with Crippen LogP contribution in [0.3, 0.4) is 0 Å². The molecule has 1 N–H and O–H groups in total. The number of aryl methyl sites for hydroxylation is 1. The zero-order valence-corrected chi connectivity index (χ0v) is 18.4. The monoisotopic (exact) mass is 457 g/mol. The van der Waals surface area contributed by atoms with Crippen molar-refractivity contribution in [3.05, 3.63) is 80.3 Å². The summed E-state index contributed by atoms with van der Waals surface area (Å²) in [5, 5.41) is 16.5. The van der Waals surface area contributed by atoms with E-state index in [0.717, 1.165) is 21.3 Å². The molecule has 10 heteroatoms. The van der Waals surface area contributed by atoms with Gasteiger partial charge in [0.15, 0.2) is 6.10 Å². The van der Waals surface area contributed by atoms with Crippen molar-refractivity contribution in [2.75, 3.05) is 5.32 Å². The van der Waals surface area contributed by atoms with E-state index in [4.69, 9.17) is 4.74 Å². The number of nitrogens with one attached hydrogen (secondary N) is 1. The first-order valence-electron chi connectivity index (χ1n) is 9.22. The maximum Gasteiger partial charge on any atom is 0.338 e. The number of esters is 1. The zero-order chi connectivity index (χ0) is 22.4. The Morgan fingerprint density at radius 3 is 2.58 bits per heavy atom. The molecule has 2 aromatic carbocycles. The van der Waals surface area contributed by atoms with Crippen LogP contribution in [0.25, 0.3) is 0 Å². The number of thioether (sulfide) groups is 1. The van der Waals surface area contributed by atoms with Gasteiger partial charge in [-0.15, -0.1) is 23.1 Å². The van der Waals surface area contributed by atoms with E-state index >= 15 is 0 Å². The fourth-order valence-corrected chi connectivity index (χ4v) is 4.08. The molecule has 0 spiro atoms. The van der Waals surface area contributed by atoms with E-state index in [1.165, 1.54) is 25.1 Å². The van der Waals surface area contributed by atoms with Crippen molar-refractivity contribution < 1.29 is 19.2 Å². The number of rotatable bonds is 8. The number of amides is 1. The first kappa shape index (κ1) is 22.4. The highest BCUT2D eigenvalue weighted by Crippen LogP contribution is 2.25. The van der Waals surface area contributed by atoms with Crippen LogP contribution < -0.4 is 5.32 Å². The van der Waals surface area contributed by atoms with E-state index in [1.807, 2.05) is 12.3 Å². The van der Waals surface area contributed by atoms with Gasteiger partial charge in [-0.2, -0.15) is 0 Å². The van der Waals surface area contributed by atoms with Crippen molar-refractivity contribution in [2.24, 2.45) is 0 Å². The number of aromatic nitrogens is 1. The third-order valence-corrected chi connectivity index (χ3v) is 6.02. The van der Waals surface area contributed by atoms with Crippen LogP contribution in [0.1, 0.15) is 28.0 Å². The number of benzene rings is 2. The Kier molecular flexibility index (Phi) is 7.37. The predicted molar refractivity (Wildman–Crippen MR) is 119 cm³/mol. The number of hydrogen-bond acceptors (Lipinski definition) is 8. The number of anilines is 1. The van der Waals surface area contributed by atoms with Crippen LogP contribution in [-0.4, -0.2) is 27.9 Å². The first-order valence-corrected chi connectivity index (χ1v) is 11.1. The lowest BCUT2D eigenvalue weighted by Crippen LogP contribution is -2.30. The predicted octanol–water partition coefficient (Wildman–Crippen LogP) is 4.84. The van der Waals surface area contributed by atoms with Crippen molar-refractivity contribution >= 4 is 46.3 Å². The Bertz CT molecular complexity index is 1100. The van der Waals surface area contributed by atoms with E-state index in [1.54, 1.807) is 53.4 Å². The Morgan fingerprint density at radius 1 is 1.23 bits per heavy atom. The number of carbonyl (C=O) groups excluding carboxylic acids is 2. The summed E-state index contributed by atoms with van der Waals surface area (Å²) >= 11 is 3.21. The van der Waals surface area contributed by atoms with Gasteiger partial charge in [0.05, 0.1) is 21.2 Å². The molecule has 3 rings (SSSR count). The SMILES string of the molecule is Cc1nc(CSc2ccc(C(=O)OC(C)C(=O)Nc3ccccc3[N+](=O)[O-])cc2)cs1. The second kappa shape index (κ2) is 10.2. The second-order valence-electron chi connectivity index (χ2n) is 6.48. The van der Waals surface area contributed by atoms with E-state index < -0.39 is 22.9 Å². The minimum atomic E-state index is -1.13. The van der Waals surface area contributed by atoms with Crippen LogP contribution in [0.4, 0.5) is 11.4 Å². The average molecular weight is 458 g/mol. The van der Waals surface area contributed by atoms with Crippen LogP contribution in [0.2, 0.25) is 0 Å². The summed E-state index contributed by atoms with van der Waals surface area (Å²) in [6, 6.07) is 12.6. The maximum absolute atomic E-state index is 12.4. The summed E-state index contributed by atoms with van der Waals surface area (Å²) in [4.78, 5) is 40.5. The topological polar surface area (TPSA) is 111 Å². The number of hydrogen-bond donors (Lipinski definition) is 1. The molecule has 0 aliphatic rings. The van der Waals surface area contributed by atoms with Crippen molar-refractivity contribution in [1.29, 1.82) is 0 Å². The molecule has 1 amide bonds. The smallest absolute Gasteiger partial charge is 0.338 e. The fraction of sp³-hybridized carbons (Fsp3) is 0.190. The van der Waals surface area contributed by atoms with E-state index in [0.29, 0.717) is 5.56 Å². The first-order chi connectivity index (χ1) is 14.8. The van der Waals surface area contributed by atoms with E-state index in [-0.39, 0.29) is 11.4 Å². The summed E-state index contributed by atoms with van der Waals surface area (Å²) in [6.07, 6.45) is -1.13. The molecule has 0 aliphatic heterocycles. The minimum Gasteiger partial charge on any atom is -0.449 e. The normalized spacial score (nSPS) is 11.5. The Labute approximate surface area is 186 Å². The molecule has 3 aromatic rings. The number of nitro groups is 1. The summed E-state index contributed by atoms with van der Waals surface area (Å²) < 4.78 is 5.21. The molecule has 0 radical (unpaired) electrons. The van der Waals surface area contributed by atoms with Crippen molar-refractivity contribution in [2.45, 2.75) is 30.6 Å². The Morgan fingerprint density at radius 2 is 1.94 bits per heavy atom. The van der Waals surface area contributed by atoms with Gasteiger partial charge in [-0.1, -0.05) is 12.1 Å². The molecule has 8 nitrogen and oxygen atoms in total. The van der Waals surface area contributed by atoms with Crippen LogP contribution in [-0.2, 0) is 15.3 Å². The molecule has 160 valence electrons. The molecule has 0 saturated carbocycles. The summed E-state index contributed by atoms with van der Waals surface area (Å²) in [5.41, 5.74) is 1.11. The van der Waals surface area contributed by atoms with Crippen LogP contribution in [0.5, 0.6) is 0 Å². The van der Waals surface area contributed by atoms with Gasteiger partial charge in [-0.05, 0) is 44.2 Å². The number of para-hydroxylation sites is 2. The lowest BCUT2D eigenvalue weighted by atomic mass is 10.2. The Balaban J connectivity index is 1.55. The lowest BCUT2D eigenvalue weighted by molar-refractivity contribution is -0.383. The van der Waals surface area contributed by atoms with Gasteiger partial charge in [-0.3, -0.25) is 14.9 Å². The average Bonchev–Trinajstić information content (AvgIpc) is 3.17. The molecule has 1 heterocycles. The number of ether oxygens (including phenoxy) is 1. The quantitative estimate of drug-likeness (QED) is 0.223. The molecule has 1 aromatic heterocycles. The summed E-state index contributed by atoms with van der Waals surface area (Å²) in [5.74, 6) is -0.581. The number of nitro benzene ring substituents is 1. The van der Waals surface area contributed by atoms with E-state index in [2.05, 4.69) is 10.3 Å². The molecule has 31 heavy (non-hydrogen) atoms. The van der Waals surface area contributed by atoms with Crippen LogP contribution in [0, 0.1) is 17.0 Å². The molecule has 0 bridgehead atoms. The molecule has 1 unspecified atom stereocenters. The third-order valence-electron chi connectivity index (χ3n) is 4.15. The number of thiazole rings is 1. The fourth-order valence-electron chi connectivity index (χ4n) is 2.57. The molecular weight excluding hydrogens is 438 g/mol. The second-order valence-corrected chi connectivity index (χ2v) is 8.59. The third kappa shape index (κ3) is 6.12. The van der Waals surface area contributed by atoms with Gasteiger partial charge in [0.1, 0.15) is 5.69 Å². The molecule has 0 saturated heterocycles. The summed E-state index contributed by atoms with van der Waals surface area (Å²) in [7, 11) is 0. The van der Waals surface area contributed by atoms with Crippen LogP contribution >= 0.6 is 23.1 Å². The number of nitrogens with zero attached hydrogens (tertiary/aromatic N) is 2. The van der Waals surface area contributed by atoms with Gasteiger partial charge in [0.2, 0.25) is 0 Å². The molecule has 0 aliphatic carbocycles. The van der Waals surface area contributed by atoms with Gasteiger partial charge in [0.25, 0.3) is 11.6 Å². The van der Waals surface area contributed by atoms with Gasteiger partial charge >= 0.3 is 5.97 Å². The molecular formula is C21H19N3O5S2. The largest absolute Gasteiger partial charge is 0.449 e. The minimum absolute atomic E-state index is 0.0390. The van der Waals surface area contributed by atoms with Gasteiger partial charge in [0, 0.05) is 22.1 Å². The standard InChI is InChI=1S/C21H19N3O5S2/c1-13(20(25)23-18-5-3-4-6-19(18)24(27)28)29-21(26)15-7-9-17(10-8-15)31-12-16-11-30-14(2)22-16/h3-11,13H,12H2,1-2H3,(H,23,25). The highest BCUT2D eigenvalue weighted by molar-refractivity contribution is 7.98. The Hall–Kier alpha value is -3.24. The van der Waals surface area contributed by atoms with Crippen molar-refractivity contribution in [3.63, 3.8) is 0 Å².